The first-order valence-electron chi connectivity index (χ1n) is 7.10. The fourth-order valence-electron chi connectivity index (χ4n) is 2.19. The first kappa shape index (κ1) is 15.8. The van der Waals surface area contributed by atoms with Gasteiger partial charge in [-0.05, 0) is 38.1 Å². The van der Waals surface area contributed by atoms with Crippen LogP contribution in [0, 0.1) is 0 Å². The number of imidazole rings is 1. The highest BCUT2D eigenvalue weighted by molar-refractivity contribution is 6.42. The lowest BCUT2D eigenvalue weighted by atomic mass is 10.1. The van der Waals surface area contributed by atoms with E-state index in [-0.39, 0.29) is 12.1 Å². The Morgan fingerprint density at radius 3 is 2.43 bits per heavy atom. The summed E-state index contributed by atoms with van der Waals surface area (Å²) in [5.74, 6) is 0.344. The van der Waals surface area contributed by atoms with Crippen LogP contribution in [0.2, 0.25) is 10.0 Å². The molecule has 0 aliphatic carbocycles. The largest absolute Gasteiger partial charge is 0.459 e. The Morgan fingerprint density at radius 2 is 1.78 bits per heavy atom. The van der Waals surface area contributed by atoms with E-state index in [1.807, 2.05) is 26.0 Å². The summed E-state index contributed by atoms with van der Waals surface area (Å²) in [6.07, 6.45) is -0.146. The monoisotopic (exact) mass is 348 g/mol. The van der Waals surface area contributed by atoms with Crippen molar-refractivity contribution in [1.82, 2.24) is 9.97 Å². The number of benzene rings is 2. The molecule has 6 heteroatoms. The number of hydrogen-bond acceptors (Lipinski definition) is 3. The van der Waals surface area contributed by atoms with E-state index in [2.05, 4.69) is 9.97 Å². The number of nitrogens with one attached hydrogen (secondary N) is 1. The second-order valence-electron chi connectivity index (χ2n) is 5.40. The molecule has 0 amide bonds. The first-order chi connectivity index (χ1) is 10.9. The summed E-state index contributed by atoms with van der Waals surface area (Å²) in [5, 5.41) is 0.935. The molecule has 0 spiro atoms. The molecule has 23 heavy (non-hydrogen) atoms. The molecule has 0 saturated carbocycles. The quantitative estimate of drug-likeness (QED) is 0.669. The van der Waals surface area contributed by atoms with Crippen molar-refractivity contribution in [2.45, 2.75) is 20.0 Å². The standard InChI is InChI=1S/C17H14Cl2N2O2/c1-9(2)23-17(22)11-5-3-10(4-6-11)16-20-14-7-12(18)13(19)8-15(14)21-16/h3-9H,1-2H3,(H,20,21). The van der Waals surface area contributed by atoms with Gasteiger partial charge in [-0.3, -0.25) is 0 Å². The first-order valence-corrected chi connectivity index (χ1v) is 7.86. The number of carbonyl (C=O) groups is 1. The van der Waals surface area contributed by atoms with E-state index in [0.29, 0.717) is 21.4 Å². The zero-order chi connectivity index (χ0) is 16.6. The molecule has 0 saturated heterocycles. The van der Waals surface area contributed by atoms with Gasteiger partial charge in [0.15, 0.2) is 0 Å². The summed E-state index contributed by atoms with van der Waals surface area (Å²) in [6, 6.07) is 10.5. The zero-order valence-corrected chi connectivity index (χ0v) is 14.1. The van der Waals surface area contributed by atoms with Gasteiger partial charge in [0, 0.05) is 5.56 Å². The highest BCUT2D eigenvalue weighted by Gasteiger charge is 2.11. The number of carbonyl (C=O) groups excluding carboxylic acids is 1. The lowest BCUT2D eigenvalue weighted by Gasteiger charge is -2.07. The van der Waals surface area contributed by atoms with Crippen LogP contribution >= 0.6 is 23.2 Å². The molecule has 0 bridgehead atoms. The van der Waals surface area contributed by atoms with Crippen molar-refractivity contribution < 1.29 is 9.53 Å². The lowest BCUT2D eigenvalue weighted by molar-refractivity contribution is 0.0378. The minimum Gasteiger partial charge on any atom is -0.459 e. The Bertz CT molecular complexity index is 831. The number of H-pyrrole nitrogens is 1. The molecule has 3 aromatic rings. The summed E-state index contributed by atoms with van der Waals surface area (Å²) >= 11 is 12.0. The summed E-state index contributed by atoms with van der Waals surface area (Å²) in [7, 11) is 0. The molecule has 1 aromatic heterocycles. The van der Waals surface area contributed by atoms with Crippen LogP contribution in [0.3, 0.4) is 0 Å². The molecule has 118 valence electrons. The third-order valence-electron chi connectivity index (χ3n) is 3.26. The maximum atomic E-state index is 11.8. The number of aromatic nitrogens is 2. The molecule has 0 aliphatic heterocycles. The molecule has 3 rings (SSSR count). The van der Waals surface area contributed by atoms with Gasteiger partial charge in [0.1, 0.15) is 5.82 Å². The number of halogens is 2. The zero-order valence-electron chi connectivity index (χ0n) is 12.6. The van der Waals surface area contributed by atoms with Crippen LogP contribution in [0.5, 0.6) is 0 Å². The van der Waals surface area contributed by atoms with Crippen LogP contribution in [-0.2, 0) is 4.74 Å². The number of rotatable bonds is 3. The van der Waals surface area contributed by atoms with Gasteiger partial charge in [-0.15, -0.1) is 0 Å². The molecule has 0 unspecified atom stereocenters. The Hall–Kier alpha value is -2.04. The van der Waals surface area contributed by atoms with Crippen LogP contribution in [0.25, 0.3) is 22.4 Å². The molecule has 0 atom stereocenters. The predicted octanol–water partition coefficient (Wildman–Crippen LogP) is 5.10. The molecular formula is C17H14Cl2N2O2. The number of fused-ring (bicyclic) bond motifs is 1. The highest BCUT2D eigenvalue weighted by Crippen LogP contribution is 2.28. The third kappa shape index (κ3) is 3.33. The van der Waals surface area contributed by atoms with E-state index < -0.39 is 0 Å². The van der Waals surface area contributed by atoms with E-state index in [4.69, 9.17) is 27.9 Å². The van der Waals surface area contributed by atoms with E-state index in [9.17, 15) is 4.79 Å². The minimum absolute atomic E-state index is 0.146. The molecule has 0 radical (unpaired) electrons. The average Bonchev–Trinajstić information content (AvgIpc) is 2.90. The molecule has 2 aromatic carbocycles. The number of hydrogen-bond donors (Lipinski definition) is 1. The van der Waals surface area contributed by atoms with Gasteiger partial charge in [-0.25, -0.2) is 9.78 Å². The van der Waals surface area contributed by atoms with E-state index in [0.717, 1.165) is 16.6 Å². The van der Waals surface area contributed by atoms with Crippen LogP contribution in [0.1, 0.15) is 24.2 Å². The van der Waals surface area contributed by atoms with E-state index in [1.165, 1.54) is 0 Å². The summed E-state index contributed by atoms with van der Waals surface area (Å²) in [5.41, 5.74) is 2.90. The van der Waals surface area contributed by atoms with Crippen molar-refractivity contribution in [3.8, 4) is 11.4 Å². The van der Waals surface area contributed by atoms with Crippen molar-refractivity contribution in [2.24, 2.45) is 0 Å². The van der Waals surface area contributed by atoms with Gasteiger partial charge in [0.25, 0.3) is 0 Å². The molecule has 0 fully saturated rings. The van der Waals surface area contributed by atoms with Gasteiger partial charge in [-0.1, -0.05) is 35.3 Å². The number of aromatic amines is 1. The molecule has 4 nitrogen and oxygen atoms in total. The Labute approximate surface area is 143 Å². The molecule has 1 heterocycles. The Morgan fingerprint density at radius 1 is 1.13 bits per heavy atom. The minimum atomic E-state index is -0.338. The maximum Gasteiger partial charge on any atom is 0.338 e. The van der Waals surface area contributed by atoms with Crippen LogP contribution in [0.15, 0.2) is 36.4 Å². The second kappa shape index (κ2) is 6.22. The summed E-state index contributed by atoms with van der Waals surface area (Å²) < 4.78 is 5.16. The normalized spacial score (nSPS) is 11.2. The van der Waals surface area contributed by atoms with Crippen molar-refractivity contribution in [2.75, 3.05) is 0 Å². The SMILES string of the molecule is CC(C)OC(=O)c1ccc(-c2nc3cc(Cl)c(Cl)cc3[nH]2)cc1. The van der Waals surface area contributed by atoms with Gasteiger partial charge in [-0.2, -0.15) is 0 Å². The number of ether oxygens (including phenoxy) is 1. The van der Waals surface area contributed by atoms with Crippen LogP contribution in [0.4, 0.5) is 0 Å². The van der Waals surface area contributed by atoms with Crippen molar-refractivity contribution in [3.63, 3.8) is 0 Å². The van der Waals surface area contributed by atoms with Gasteiger partial charge >= 0.3 is 5.97 Å². The maximum absolute atomic E-state index is 11.8. The van der Waals surface area contributed by atoms with Crippen LogP contribution < -0.4 is 0 Å². The van der Waals surface area contributed by atoms with Gasteiger partial charge < -0.3 is 9.72 Å². The van der Waals surface area contributed by atoms with E-state index >= 15 is 0 Å². The molecule has 1 N–H and O–H groups in total. The summed E-state index contributed by atoms with van der Waals surface area (Å²) in [6.45, 7) is 3.63. The average molecular weight is 349 g/mol. The van der Waals surface area contributed by atoms with Gasteiger partial charge in [0.05, 0.1) is 32.7 Å². The fourth-order valence-corrected chi connectivity index (χ4v) is 2.51. The highest BCUT2D eigenvalue weighted by atomic mass is 35.5. The summed E-state index contributed by atoms with van der Waals surface area (Å²) in [4.78, 5) is 19.5. The lowest BCUT2D eigenvalue weighted by Crippen LogP contribution is -2.11. The van der Waals surface area contributed by atoms with Crippen molar-refractivity contribution in [3.05, 3.63) is 52.0 Å². The topological polar surface area (TPSA) is 55.0 Å². The molecule has 0 aliphatic rings. The Balaban J connectivity index is 1.91. The number of nitrogens with zero attached hydrogens (tertiary/aromatic N) is 1. The fraction of sp³-hybridized carbons (Fsp3) is 0.176. The smallest absolute Gasteiger partial charge is 0.338 e. The Kier molecular flexibility index (Phi) is 4.28. The molecular weight excluding hydrogens is 335 g/mol. The van der Waals surface area contributed by atoms with Gasteiger partial charge in [0.2, 0.25) is 0 Å². The number of esters is 1. The predicted molar refractivity (Wildman–Crippen MR) is 92.1 cm³/mol. The van der Waals surface area contributed by atoms with Crippen molar-refractivity contribution >= 4 is 40.2 Å². The van der Waals surface area contributed by atoms with Crippen LogP contribution in [-0.4, -0.2) is 22.0 Å². The second-order valence-corrected chi connectivity index (χ2v) is 6.21. The van der Waals surface area contributed by atoms with Crippen molar-refractivity contribution in [1.29, 1.82) is 0 Å². The third-order valence-corrected chi connectivity index (χ3v) is 3.98. The van der Waals surface area contributed by atoms with E-state index in [1.54, 1.807) is 24.3 Å².